The minimum atomic E-state index is -0.268. The van der Waals surface area contributed by atoms with Crippen LogP contribution in [-0.2, 0) is 0 Å². The second-order valence-electron chi connectivity index (χ2n) is 2.20. The van der Waals surface area contributed by atoms with Gasteiger partial charge in [0.25, 0.3) is 0 Å². The van der Waals surface area contributed by atoms with Crippen molar-refractivity contribution in [3.8, 4) is 6.07 Å². The van der Waals surface area contributed by atoms with Crippen molar-refractivity contribution in [1.29, 1.82) is 5.26 Å². The predicted molar refractivity (Wildman–Crippen MR) is 34.0 cm³/mol. The van der Waals surface area contributed by atoms with E-state index in [2.05, 4.69) is 11.4 Å². The fraction of sp³-hybridized carbons (Fsp3) is 0.500. The Labute approximate surface area is 54.2 Å². The van der Waals surface area contributed by atoms with Gasteiger partial charge in [-0.15, -0.1) is 0 Å². The maximum Gasteiger partial charge on any atom is 0.125 e. The van der Waals surface area contributed by atoms with Crippen LogP contribution in [-0.4, -0.2) is 5.54 Å². The van der Waals surface area contributed by atoms with Crippen molar-refractivity contribution >= 4 is 0 Å². The van der Waals surface area contributed by atoms with Gasteiger partial charge >= 0.3 is 0 Å². The number of nitriles is 1. The van der Waals surface area contributed by atoms with Gasteiger partial charge in [-0.2, -0.15) is 5.26 Å². The minimum absolute atomic E-state index is 0.268. The highest BCUT2D eigenvalue weighted by Gasteiger charge is 2.42. The fourth-order valence-electron chi connectivity index (χ4n) is 0.621. The molecule has 0 bridgehead atoms. The summed E-state index contributed by atoms with van der Waals surface area (Å²) in [4.78, 5) is 0. The van der Waals surface area contributed by atoms with Crippen LogP contribution in [0.3, 0.4) is 0 Å². The van der Waals surface area contributed by atoms with E-state index in [1.165, 1.54) is 6.20 Å². The first kappa shape index (κ1) is 5.96. The second-order valence-corrected chi connectivity index (χ2v) is 2.20. The van der Waals surface area contributed by atoms with Crippen molar-refractivity contribution in [2.24, 2.45) is 5.73 Å². The van der Waals surface area contributed by atoms with Crippen LogP contribution in [0, 0.1) is 11.3 Å². The average Bonchev–Trinajstić information content (AvgIpc) is 2.65. The lowest BCUT2D eigenvalue weighted by molar-refractivity contribution is 0.720. The standard InChI is InChI=1S/C6H9N3/c7-3-4-9-6(5-8)1-2-6/h3-4,9H,1-2,7H2/b4-3-. The van der Waals surface area contributed by atoms with Crippen molar-refractivity contribution in [2.75, 3.05) is 0 Å². The summed E-state index contributed by atoms with van der Waals surface area (Å²) in [5.74, 6) is 0. The van der Waals surface area contributed by atoms with Crippen molar-refractivity contribution in [2.45, 2.75) is 18.4 Å². The molecule has 1 aliphatic carbocycles. The summed E-state index contributed by atoms with van der Waals surface area (Å²) >= 11 is 0. The van der Waals surface area contributed by atoms with Gasteiger partial charge in [0.15, 0.2) is 0 Å². The number of nitrogens with one attached hydrogen (secondary N) is 1. The van der Waals surface area contributed by atoms with Crippen molar-refractivity contribution in [3.05, 3.63) is 12.4 Å². The van der Waals surface area contributed by atoms with Crippen LogP contribution in [0.2, 0.25) is 0 Å². The summed E-state index contributed by atoms with van der Waals surface area (Å²) in [6.07, 6.45) is 4.88. The van der Waals surface area contributed by atoms with Gasteiger partial charge in [-0.25, -0.2) is 0 Å². The molecular formula is C6H9N3. The minimum Gasteiger partial charge on any atom is -0.403 e. The normalized spacial score (nSPS) is 21.2. The van der Waals surface area contributed by atoms with E-state index in [0.29, 0.717) is 0 Å². The van der Waals surface area contributed by atoms with Gasteiger partial charge in [0, 0.05) is 12.4 Å². The van der Waals surface area contributed by atoms with Crippen LogP contribution in [0.25, 0.3) is 0 Å². The molecule has 1 rings (SSSR count). The van der Waals surface area contributed by atoms with E-state index in [-0.39, 0.29) is 5.54 Å². The summed E-state index contributed by atoms with van der Waals surface area (Å²) in [5, 5.41) is 11.4. The van der Waals surface area contributed by atoms with E-state index >= 15 is 0 Å². The highest BCUT2D eigenvalue weighted by atomic mass is 15.0. The highest BCUT2D eigenvalue weighted by Crippen LogP contribution is 2.33. The van der Waals surface area contributed by atoms with E-state index in [9.17, 15) is 0 Å². The van der Waals surface area contributed by atoms with Gasteiger partial charge in [0.2, 0.25) is 0 Å². The molecule has 3 nitrogen and oxygen atoms in total. The third-order valence-corrected chi connectivity index (χ3v) is 1.42. The lowest BCUT2D eigenvalue weighted by Crippen LogP contribution is -2.23. The number of nitrogens with zero attached hydrogens (tertiary/aromatic N) is 1. The number of hydrogen-bond acceptors (Lipinski definition) is 3. The molecule has 9 heavy (non-hydrogen) atoms. The van der Waals surface area contributed by atoms with Crippen molar-refractivity contribution in [3.63, 3.8) is 0 Å². The Morgan fingerprint density at radius 1 is 1.67 bits per heavy atom. The van der Waals surface area contributed by atoms with Crippen LogP contribution in [0.15, 0.2) is 12.4 Å². The van der Waals surface area contributed by atoms with E-state index < -0.39 is 0 Å². The van der Waals surface area contributed by atoms with E-state index in [0.717, 1.165) is 12.8 Å². The van der Waals surface area contributed by atoms with Crippen molar-refractivity contribution in [1.82, 2.24) is 5.32 Å². The van der Waals surface area contributed by atoms with Gasteiger partial charge in [0.05, 0.1) is 6.07 Å². The van der Waals surface area contributed by atoms with E-state index in [1.807, 2.05) is 0 Å². The van der Waals surface area contributed by atoms with Gasteiger partial charge in [-0.3, -0.25) is 0 Å². The molecule has 0 aromatic carbocycles. The molecule has 0 aromatic heterocycles. The zero-order valence-electron chi connectivity index (χ0n) is 5.09. The summed E-state index contributed by atoms with van der Waals surface area (Å²) in [6.45, 7) is 0. The zero-order chi connectivity index (χ0) is 6.74. The Morgan fingerprint density at radius 3 is 2.67 bits per heavy atom. The van der Waals surface area contributed by atoms with Gasteiger partial charge in [-0.1, -0.05) is 0 Å². The predicted octanol–water partition coefficient (Wildman–Crippen LogP) is 0.0621. The third kappa shape index (κ3) is 1.14. The molecule has 0 amide bonds. The SMILES string of the molecule is N#CC1(N/C=C\N)CC1. The van der Waals surface area contributed by atoms with Crippen molar-refractivity contribution < 1.29 is 0 Å². The molecule has 0 radical (unpaired) electrons. The smallest absolute Gasteiger partial charge is 0.125 e. The van der Waals surface area contributed by atoms with Gasteiger partial charge in [-0.05, 0) is 12.8 Å². The highest BCUT2D eigenvalue weighted by molar-refractivity contribution is 5.19. The Hall–Kier alpha value is -1.17. The van der Waals surface area contributed by atoms with Gasteiger partial charge < -0.3 is 11.1 Å². The third-order valence-electron chi connectivity index (χ3n) is 1.42. The summed E-state index contributed by atoms with van der Waals surface area (Å²) < 4.78 is 0. The zero-order valence-corrected chi connectivity index (χ0v) is 5.09. The second kappa shape index (κ2) is 1.98. The summed E-state index contributed by atoms with van der Waals surface area (Å²) in [7, 11) is 0. The molecule has 1 saturated carbocycles. The molecule has 3 N–H and O–H groups in total. The van der Waals surface area contributed by atoms with Crippen LogP contribution >= 0.6 is 0 Å². The lowest BCUT2D eigenvalue weighted by Gasteiger charge is -2.02. The summed E-state index contributed by atoms with van der Waals surface area (Å²) in [5.41, 5.74) is 4.80. The van der Waals surface area contributed by atoms with Crippen LogP contribution in [0.1, 0.15) is 12.8 Å². The Bertz CT molecular complexity index is 162. The van der Waals surface area contributed by atoms with Gasteiger partial charge in [0.1, 0.15) is 5.54 Å². The fourth-order valence-corrected chi connectivity index (χ4v) is 0.621. The average molecular weight is 123 g/mol. The van der Waals surface area contributed by atoms with Crippen LogP contribution < -0.4 is 11.1 Å². The molecular weight excluding hydrogens is 114 g/mol. The molecule has 48 valence electrons. The number of hydrogen-bond donors (Lipinski definition) is 2. The molecule has 0 aromatic rings. The molecule has 0 spiro atoms. The van der Waals surface area contributed by atoms with E-state index in [1.54, 1.807) is 6.20 Å². The maximum atomic E-state index is 8.50. The molecule has 0 saturated heterocycles. The first-order valence-electron chi connectivity index (χ1n) is 2.89. The Kier molecular flexibility index (Phi) is 1.31. The Balaban J connectivity index is 2.36. The molecule has 0 aliphatic heterocycles. The maximum absolute atomic E-state index is 8.50. The quantitative estimate of drug-likeness (QED) is 0.546. The topological polar surface area (TPSA) is 61.8 Å². The van der Waals surface area contributed by atoms with Crippen LogP contribution in [0.5, 0.6) is 0 Å². The first-order chi connectivity index (χ1) is 4.33. The lowest BCUT2D eigenvalue weighted by atomic mass is 10.3. The molecule has 1 aliphatic rings. The summed E-state index contributed by atoms with van der Waals surface area (Å²) in [6, 6.07) is 2.17. The molecule has 1 fully saturated rings. The monoisotopic (exact) mass is 123 g/mol. The molecule has 0 unspecified atom stereocenters. The van der Waals surface area contributed by atoms with E-state index in [4.69, 9.17) is 11.0 Å². The molecule has 0 atom stereocenters. The first-order valence-corrected chi connectivity index (χ1v) is 2.89. The number of nitrogens with two attached hydrogens (primary N) is 1. The van der Waals surface area contributed by atoms with Crippen LogP contribution in [0.4, 0.5) is 0 Å². The molecule has 3 heteroatoms. The molecule has 0 heterocycles. The number of rotatable bonds is 2. The Morgan fingerprint density at radius 2 is 2.33 bits per heavy atom. The largest absolute Gasteiger partial charge is 0.403 e.